The number of aryl methyl sites for hydroxylation is 6. The van der Waals surface area contributed by atoms with E-state index in [1.807, 2.05) is 13.8 Å². The summed E-state index contributed by atoms with van der Waals surface area (Å²) in [7, 11) is 0. The second kappa shape index (κ2) is 17.3. The van der Waals surface area contributed by atoms with Gasteiger partial charge in [0.05, 0.1) is 11.4 Å². The molecule has 2 aromatic heterocycles. The van der Waals surface area contributed by atoms with Crippen LogP contribution in [-0.4, -0.2) is 84.6 Å². The highest BCUT2D eigenvalue weighted by molar-refractivity contribution is 5.50. The molecule has 4 aromatic rings. The third-order valence-electron chi connectivity index (χ3n) is 10.7. The van der Waals surface area contributed by atoms with E-state index in [0.717, 1.165) is 88.0 Å². The van der Waals surface area contributed by atoms with E-state index in [-0.39, 0.29) is 0 Å². The lowest BCUT2D eigenvalue weighted by Gasteiger charge is -2.52. The molecule has 8 nitrogen and oxygen atoms in total. The van der Waals surface area contributed by atoms with Crippen LogP contribution in [0.25, 0.3) is 0 Å². The van der Waals surface area contributed by atoms with Gasteiger partial charge in [0, 0.05) is 74.9 Å². The maximum Gasteiger partial charge on any atom is 0.133 e. The number of aromatic nitrogens is 2. The molecule has 2 aliphatic heterocycles. The predicted octanol–water partition coefficient (Wildman–Crippen LogP) is 7.79. The van der Waals surface area contributed by atoms with Crippen molar-refractivity contribution in [2.45, 2.75) is 97.6 Å². The zero-order chi connectivity index (χ0) is 34.0. The fraction of sp³-hybridized carbons (Fsp3) is 0.561. The first kappa shape index (κ1) is 35.2. The van der Waals surface area contributed by atoms with Gasteiger partial charge in [-0.3, -0.25) is 9.80 Å². The molecule has 4 heterocycles. The molecule has 0 amide bonds. The lowest BCUT2D eigenvalue weighted by Crippen LogP contribution is -2.67. The van der Waals surface area contributed by atoms with Gasteiger partial charge in [-0.15, -0.1) is 0 Å². The van der Waals surface area contributed by atoms with Crippen LogP contribution in [0.5, 0.6) is 0 Å². The van der Waals surface area contributed by atoms with E-state index < -0.39 is 0 Å². The molecule has 6 rings (SSSR count). The SMILES string of the molecule is Cc1ccc(N2CCN(CCCCCCc3cc(C)on3)C(C3CN(c4ccc(C)cc4)CCN3CCCCCc3cc(C)on3)C2)cc1. The van der Waals surface area contributed by atoms with Crippen molar-refractivity contribution < 1.29 is 9.05 Å². The fourth-order valence-electron chi connectivity index (χ4n) is 7.80. The average Bonchev–Trinajstić information content (AvgIpc) is 3.73. The molecular formula is C41H58N6O2. The summed E-state index contributed by atoms with van der Waals surface area (Å²) in [4.78, 5) is 11.0. The van der Waals surface area contributed by atoms with Crippen molar-refractivity contribution in [2.24, 2.45) is 0 Å². The Morgan fingerprint density at radius 3 is 1.35 bits per heavy atom. The van der Waals surface area contributed by atoms with Crippen molar-refractivity contribution in [2.75, 3.05) is 62.2 Å². The summed E-state index contributed by atoms with van der Waals surface area (Å²) in [5, 5.41) is 8.40. The minimum absolute atomic E-state index is 0.469. The summed E-state index contributed by atoms with van der Waals surface area (Å²) in [6.45, 7) is 17.2. The number of piperazine rings is 2. The summed E-state index contributed by atoms with van der Waals surface area (Å²) in [5.74, 6) is 1.81. The molecule has 2 fully saturated rings. The molecule has 0 N–H and O–H groups in total. The minimum Gasteiger partial charge on any atom is -0.369 e. The van der Waals surface area contributed by atoms with E-state index in [0.29, 0.717) is 12.1 Å². The molecule has 2 aromatic carbocycles. The number of rotatable bonds is 16. The molecule has 2 saturated heterocycles. The van der Waals surface area contributed by atoms with E-state index in [1.54, 1.807) is 0 Å². The van der Waals surface area contributed by atoms with Crippen LogP contribution >= 0.6 is 0 Å². The first-order valence-corrected chi connectivity index (χ1v) is 18.9. The third kappa shape index (κ3) is 9.98. The van der Waals surface area contributed by atoms with Gasteiger partial charge in [0.15, 0.2) is 0 Å². The van der Waals surface area contributed by atoms with Gasteiger partial charge >= 0.3 is 0 Å². The summed E-state index contributed by atoms with van der Waals surface area (Å²) < 4.78 is 10.6. The Hall–Kier alpha value is -3.62. The number of nitrogens with zero attached hydrogens (tertiary/aromatic N) is 6. The van der Waals surface area contributed by atoms with E-state index in [2.05, 4.69) is 104 Å². The van der Waals surface area contributed by atoms with E-state index in [9.17, 15) is 0 Å². The molecule has 0 spiro atoms. The first-order chi connectivity index (χ1) is 23.9. The first-order valence-electron chi connectivity index (χ1n) is 18.9. The van der Waals surface area contributed by atoms with Crippen LogP contribution in [-0.2, 0) is 12.8 Å². The smallest absolute Gasteiger partial charge is 0.133 e. The summed E-state index contributed by atoms with van der Waals surface area (Å²) in [6, 6.07) is 23.5. The topological polar surface area (TPSA) is 65.0 Å². The molecule has 8 heteroatoms. The molecule has 49 heavy (non-hydrogen) atoms. The quantitative estimate of drug-likeness (QED) is 0.112. The van der Waals surface area contributed by atoms with Crippen molar-refractivity contribution >= 4 is 11.4 Å². The molecule has 0 bridgehead atoms. The van der Waals surface area contributed by atoms with Crippen molar-refractivity contribution in [1.82, 2.24) is 20.1 Å². The van der Waals surface area contributed by atoms with Crippen LogP contribution < -0.4 is 9.80 Å². The van der Waals surface area contributed by atoms with Crippen LogP contribution in [0.3, 0.4) is 0 Å². The number of unbranched alkanes of at least 4 members (excludes halogenated alkanes) is 5. The van der Waals surface area contributed by atoms with Crippen molar-refractivity contribution in [3.63, 3.8) is 0 Å². The largest absolute Gasteiger partial charge is 0.369 e. The van der Waals surface area contributed by atoms with Gasteiger partial charge in [-0.2, -0.15) is 0 Å². The van der Waals surface area contributed by atoms with Crippen LogP contribution in [0.4, 0.5) is 11.4 Å². The molecule has 2 atom stereocenters. The number of benzene rings is 2. The van der Waals surface area contributed by atoms with Crippen molar-refractivity contribution in [3.8, 4) is 0 Å². The van der Waals surface area contributed by atoms with Crippen molar-refractivity contribution in [3.05, 3.63) is 94.7 Å². The van der Waals surface area contributed by atoms with Gasteiger partial charge in [0.2, 0.25) is 0 Å². The second-order valence-electron chi connectivity index (χ2n) is 14.6. The lowest BCUT2D eigenvalue weighted by atomic mass is 9.96. The third-order valence-corrected chi connectivity index (χ3v) is 10.7. The number of hydrogen-bond acceptors (Lipinski definition) is 8. The molecule has 264 valence electrons. The van der Waals surface area contributed by atoms with Gasteiger partial charge in [-0.1, -0.05) is 65.0 Å². The molecule has 2 aliphatic rings. The van der Waals surface area contributed by atoms with Gasteiger partial charge < -0.3 is 18.8 Å². The standard InChI is InChI=1S/C41H58N6O2/c1-32-14-18-38(19-15-32)46-26-24-44(22-10-6-5-8-12-36-28-34(3)48-42-36)40(30-46)41-31-47(39-20-16-33(2)17-21-39)27-25-45(41)23-11-7-9-13-37-29-35(4)49-43-37/h14-21,28-29,40-41H,5-13,22-27,30-31H2,1-4H3. The van der Waals surface area contributed by atoms with Crippen LogP contribution in [0.1, 0.15) is 79.0 Å². The fourth-order valence-corrected chi connectivity index (χ4v) is 7.80. The van der Waals surface area contributed by atoms with Gasteiger partial charge in [-0.25, -0.2) is 0 Å². The minimum atomic E-state index is 0.469. The summed E-state index contributed by atoms with van der Waals surface area (Å²) >= 11 is 0. The van der Waals surface area contributed by atoms with Crippen LogP contribution in [0.15, 0.2) is 69.7 Å². The molecule has 0 radical (unpaired) electrons. The Morgan fingerprint density at radius 1 is 0.531 bits per heavy atom. The Balaban J connectivity index is 1.13. The molecule has 2 unspecified atom stereocenters. The Bertz CT molecular complexity index is 1550. The molecule has 0 saturated carbocycles. The van der Waals surface area contributed by atoms with E-state index in [1.165, 1.54) is 67.6 Å². The van der Waals surface area contributed by atoms with Crippen LogP contribution in [0.2, 0.25) is 0 Å². The highest BCUT2D eigenvalue weighted by Crippen LogP contribution is 2.28. The monoisotopic (exact) mass is 666 g/mol. The second-order valence-corrected chi connectivity index (χ2v) is 14.6. The van der Waals surface area contributed by atoms with Crippen LogP contribution in [0, 0.1) is 27.7 Å². The van der Waals surface area contributed by atoms with Gasteiger partial charge in [0.1, 0.15) is 11.5 Å². The predicted molar refractivity (Wildman–Crippen MR) is 200 cm³/mol. The normalized spacial score (nSPS) is 19.2. The zero-order valence-corrected chi connectivity index (χ0v) is 30.4. The highest BCUT2D eigenvalue weighted by Gasteiger charge is 2.39. The number of anilines is 2. The Kier molecular flexibility index (Phi) is 12.5. The molecule has 0 aliphatic carbocycles. The molecular weight excluding hydrogens is 608 g/mol. The van der Waals surface area contributed by atoms with Gasteiger partial charge in [-0.05, 0) is 104 Å². The van der Waals surface area contributed by atoms with Gasteiger partial charge in [0.25, 0.3) is 0 Å². The average molecular weight is 667 g/mol. The van der Waals surface area contributed by atoms with E-state index in [4.69, 9.17) is 9.05 Å². The highest BCUT2D eigenvalue weighted by atomic mass is 16.5. The zero-order valence-electron chi connectivity index (χ0n) is 30.4. The summed E-state index contributed by atoms with van der Waals surface area (Å²) in [6.07, 6.45) is 10.5. The van der Waals surface area contributed by atoms with E-state index >= 15 is 0 Å². The Morgan fingerprint density at radius 2 is 0.939 bits per heavy atom. The maximum absolute atomic E-state index is 5.30. The number of hydrogen-bond donors (Lipinski definition) is 0. The summed E-state index contributed by atoms with van der Waals surface area (Å²) in [5.41, 5.74) is 7.54. The maximum atomic E-state index is 5.30. The van der Waals surface area contributed by atoms with Crippen molar-refractivity contribution in [1.29, 1.82) is 0 Å². The lowest BCUT2D eigenvalue weighted by molar-refractivity contribution is 0.0583. The Labute approximate surface area is 294 Å².